The molecule has 1 aromatic heterocycles. The van der Waals surface area contributed by atoms with Crippen LogP contribution in [0.25, 0.3) is 0 Å². The van der Waals surface area contributed by atoms with Gasteiger partial charge in [-0.1, -0.05) is 0 Å². The molecule has 22 heavy (non-hydrogen) atoms. The highest BCUT2D eigenvalue weighted by atomic mass is 19.1. The van der Waals surface area contributed by atoms with Gasteiger partial charge < -0.3 is 25.2 Å². The minimum atomic E-state index is -0.579. The first kappa shape index (κ1) is 14.3. The fourth-order valence-corrected chi connectivity index (χ4v) is 1.97. The van der Waals surface area contributed by atoms with E-state index in [0.29, 0.717) is 30.4 Å². The second kappa shape index (κ2) is 6.44. The van der Waals surface area contributed by atoms with Gasteiger partial charge in [-0.2, -0.15) is 4.98 Å². The molecule has 116 valence electrons. The summed E-state index contributed by atoms with van der Waals surface area (Å²) >= 11 is 0. The molecule has 1 aromatic carbocycles. The number of hydrogen-bond acceptors (Lipinski definition) is 7. The van der Waals surface area contributed by atoms with Crippen LogP contribution in [0.15, 0.2) is 24.4 Å². The number of ether oxygens (including phenoxy) is 2. The quantitative estimate of drug-likeness (QED) is 0.772. The third kappa shape index (κ3) is 3.17. The van der Waals surface area contributed by atoms with Crippen LogP contribution in [0.4, 0.5) is 21.8 Å². The molecule has 8 heteroatoms. The SMILES string of the molecule is OCCNc1ncc(F)c(Nc2ccc3c(c2)OCCO3)n1. The van der Waals surface area contributed by atoms with Gasteiger partial charge >= 0.3 is 0 Å². The molecule has 0 spiro atoms. The first-order chi connectivity index (χ1) is 10.8. The second-order valence-corrected chi connectivity index (χ2v) is 4.52. The second-order valence-electron chi connectivity index (χ2n) is 4.52. The van der Waals surface area contributed by atoms with Crippen LogP contribution in [0.1, 0.15) is 0 Å². The van der Waals surface area contributed by atoms with Crippen molar-refractivity contribution < 1.29 is 19.0 Å². The molecule has 1 aliphatic heterocycles. The van der Waals surface area contributed by atoms with Crippen LogP contribution >= 0.6 is 0 Å². The molecule has 3 N–H and O–H groups in total. The van der Waals surface area contributed by atoms with Crippen LogP contribution in [-0.4, -0.2) is 41.4 Å². The van der Waals surface area contributed by atoms with E-state index in [1.54, 1.807) is 18.2 Å². The van der Waals surface area contributed by atoms with Crippen molar-refractivity contribution in [2.45, 2.75) is 0 Å². The van der Waals surface area contributed by atoms with Gasteiger partial charge in [-0.15, -0.1) is 0 Å². The van der Waals surface area contributed by atoms with Crippen LogP contribution in [0.5, 0.6) is 11.5 Å². The molecule has 3 rings (SSSR count). The Labute approximate surface area is 126 Å². The summed E-state index contributed by atoms with van der Waals surface area (Å²) in [5, 5.41) is 14.4. The van der Waals surface area contributed by atoms with E-state index in [1.807, 2.05) is 0 Å². The van der Waals surface area contributed by atoms with E-state index in [0.717, 1.165) is 6.20 Å². The Hall–Kier alpha value is -2.61. The highest BCUT2D eigenvalue weighted by Gasteiger charge is 2.13. The maximum absolute atomic E-state index is 13.8. The number of fused-ring (bicyclic) bond motifs is 1. The average Bonchev–Trinajstić information content (AvgIpc) is 2.55. The monoisotopic (exact) mass is 306 g/mol. The number of anilines is 3. The summed E-state index contributed by atoms with van der Waals surface area (Å²) in [6, 6.07) is 5.22. The molecule has 7 nitrogen and oxygen atoms in total. The van der Waals surface area contributed by atoms with Gasteiger partial charge in [0.25, 0.3) is 0 Å². The number of nitrogens with zero attached hydrogens (tertiary/aromatic N) is 2. The largest absolute Gasteiger partial charge is 0.486 e. The van der Waals surface area contributed by atoms with Crippen LogP contribution in [0.3, 0.4) is 0 Å². The molecule has 0 saturated carbocycles. The molecule has 0 amide bonds. The molecule has 0 unspecified atom stereocenters. The summed E-state index contributed by atoms with van der Waals surface area (Å²) in [4.78, 5) is 7.82. The van der Waals surface area contributed by atoms with E-state index in [4.69, 9.17) is 14.6 Å². The minimum absolute atomic E-state index is 0.0344. The van der Waals surface area contributed by atoms with Gasteiger partial charge in [0.1, 0.15) is 13.2 Å². The zero-order valence-electron chi connectivity index (χ0n) is 11.7. The third-order valence-electron chi connectivity index (χ3n) is 2.94. The highest BCUT2D eigenvalue weighted by molar-refractivity contribution is 5.62. The van der Waals surface area contributed by atoms with Crippen molar-refractivity contribution in [3.63, 3.8) is 0 Å². The summed E-state index contributed by atoms with van der Waals surface area (Å²) in [7, 11) is 0. The van der Waals surface area contributed by atoms with Gasteiger partial charge in [0.2, 0.25) is 5.95 Å². The molecule has 0 radical (unpaired) electrons. The normalized spacial score (nSPS) is 12.8. The van der Waals surface area contributed by atoms with Crippen molar-refractivity contribution in [2.75, 3.05) is 37.0 Å². The van der Waals surface area contributed by atoms with Crippen LogP contribution in [0, 0.1) is 5.82 Å². The van der Waals surface area contributed by atoms with Gasteiger partial charge in [0.05, 0.1) is 12.8 Å². The number of aliphatic hydroxyl groups is 1. The van der Waals surface area contributed by atoms with Crippen molar-refractivity contribution in [3.8, 4) is 11.5 Å². The van der Waals surface area contributed by atoms with Gasteiger partial charge in [0.15, 0.2) is 23.1 Å². The molecular weight excluding hydrogens is 291 g/mol. The molecular formula is C14H15FN4O3. The maximum atomic E-state index is 13.8. The van der Waals surface area contributed by atoms with Gasteiger partial charge in [-0.05, 0) is 12.1 Å². The Morgan fingerprint density at radius 3 is 2.86 bits per heavy atom. The van der Waals surface area contributed by atoms with Crippen molar-refractivity contribution in [2.24, 2.45) is 0 Å². The standard InChI is InChI=1S/C14H15FN4O3/c15-10-8-17-14(16-3-4-20)19-13(10)18-9-1-2-11-12(7-9)22-6-5-21-11/h1-2,7-8,20H,3-6H2,(H2,16,17,18,19). The van der Waals surface area contributed by atoms with Crippen LogP contribution < -0.4 is 20.1 Å². The maximum Gasteiger partial charge on any atom is 0.224 e. The number of benzene rings is 1. The lowest BCUT2D eigenvalue weighted by Gasteiger charge is -2.19. The molecule has 1 aliphatic rings. The first-order valence-corrected chi connectivity index (χ1v) is 6.80. The zero-order valence-corrected chi connectivity index (χ0v) is 11.7. The van der Waals surface area contributed by atoms with E-state index in [-0.39, 0.29) is 24.9 Å². The first-order valence-electron chi connectivity index (χ1n) is 6.80. The van der Waals surface area contributed by atoms with Crippen LogP contribution in [-0.2, 0) is 0 Å². The van der Waals surface area contributed by atoms with E-state index in [2.05, 4.69) is 20.6 Å². The summed E-state index contributed by atoms with van der Waals surface area (Å²) < 4.78 is 24.7. The minimum Gasteiger partial charge on any atom is -0.486 e. The fourth-order valence-electron chi connectivity index (χ4n) is 1.97. The summed E-state index contributed by atoms with van der Waals surface area (Å²) in [5.74, 6) is 0.946. The fraction of sp³-hybridized carbons (Fsp3) is 0.286. The van der Waals surface area contributed by atoms with Gasteiger partial charge in [-0.25, -0.2) is 9.37 Å². The lowest BCUT2D eigenvalue weighted by Crippen LogP contribution is -2.15. The van der Waals surface area contributed by atoms with Crippen LogP contribution in [0.2, 0.25) is 0 Å². The van der Waals surface area contributed by atoms with Gasteiger partial charge in [-0.3, -0.25) is 0 Å². The Kier molecular flexibility index (Phi) is 4.19. The van der Waals surface area contributed by atoms with E-state index >= 15 is 0 Å². The van der Waals surface area contributed by atoms with Crippen molar-refractivity contribution in [1.29, 1.82) is 0 Å². The number of aliphatic hydroxyl groups excluding tert-OH is 1. The van der Waals surface area contributed by atoms with Crippen molar-refractivity contribution in [3.05, 3.63) is 30.2 Å². The summed E-state index contributed by atoms with van der Waals surface area (Å²) in [6.45, 7) is 1.22. The van der Waals surface area contributed by atoms with E-state index in [9.17, 15) is 4.39 Å². The summed E-state index contributed by atoms with van der Waals surface area (Å²) in [6.07, 6.45) is 1.06. The van der Waals surface area contributed by atoms with E-state index < -0.39 is 5.82 Å². The van der Waals surface area contributed by atoms with Gasteiger partial charge in [0, 0.05) is 18.3 Å². The number of hydrogen-bond donors (Lipinski definition) is 3. The predicted octanol–water partition coefficient (Wildman–Crippen LogP) is 1.53. The molecule has 2 heterocycles. The zero-order chi connectivity index (χ0) is 15.4. The molecule has 0 bridgehead atoms. The Bertz CT molecular complexity index is 669. The molecule has 0 fully saturated rings. The number of nitrogens with one attached hydrogen (secondary N) is 2. The lowest BCUT2D eigenvalue weighted by molar-refractivity contribution is 0.171. The predicted molar refractivity (Wildman–Crippen MR) is 78.3 cm³/mol. The highest BCUT2D eigenvalue weighted by Crippen LogP contribution is 2.33. The topological polar surface area (TPSA) is 88.5 Å². The Morgan fingerprint density at radius 2 is 2.05 bits per heavy atom. The van der Waals surface area contributed by atoms with Crippen molar-refractivity contribution in [1.82, 2.24) is 9.97 Å². The number of rotatable bonds is 5. The Morgan fingerprint density at radius 1 is 1.23 bits per heavy atom. The smallest absolute Gasteiger partial charge is 0.224 e. The van der Waals surface area contributed by atoms with Crippen molar-refractivity contribution >= 4 is 17.5 Å². The third-order valence-corrected chi connectivity index (χ3v) is 2.94. The number of halogens is 1. The molecule has 0 saturated heterocycles. The van der Waals surface area contributed by atoms with E-state index in [1.165, 1.54) is 0 Å². The summed E-state index contributed by atoms with van der Waals surface area (Å²) in [5.41, 5.74) is 0.620. The molecule has 0 aliphatic carbocycles. The average molecular weight is 306 g/mol. The number of aromatic nitrogens is 2. The molecule has 0 atom stereocenters. The Balaban J connectivity index is 1.80. The lowest BCUT2D eigenvalue weighted by atomic mass is 10.2. The molecule has 2 aromatic rings.